The van der Waals surface area contributed by atoms with Crippen LogP contribution in [0.15, 0.2) is 18.2 Å². The lowest BCUT2D eigenvalue weighted by Gasteiger charge is -2.28. The predicted octanol–water partition coefficient (Wildman–Crippen LogP) is 1.68. The van der Waals surface area contributed by atoms with Gasteiger partial charge in [-0.05, 0) is 24.5 Å². The van der Waals surface area contributed by atoms with Crippen LogP contribution in [0.1, 0.15) is 29.3 Å². The van der Waals surface area contributed by atoms with E-state index < -0.39 is 0 Å². The second kappa shape index (κ2) is 3.93. The van der Waals surface area contributed by atoms with Gasteiger partial charge in [0.1, 0.15) is 0 Å². The molecule has 1 heterocycles. The van der Waals surface area contributed by atoms with E-state index >= 15 is 0 Å². The maximum absolute atomic E-state index is 12.1. The van der Waals surface area contributed by atoms with Crippen molar-refractivity contribution in [1.29, 1.82) is 0 Å². The predicted molar refractivity (Wildman–Crippen MR) is 60.8 cm³/mol. The van der Waals surface area contributed by atoms with Gasteiger partial charge < -0.3 is 10.6 Å². The molecule has 0 saturated carbocycles. The topological polar surface area (TPSA) is 46.3 Å². The molecule has 3 heteroatoms. The lowest BCUT2D eigenvalue weighted by atomic mass is 9.97. The van der Waals surface area contributed by atoms with E-state index in [0.29, 0.717) is 5.69 Å². The highest BCUT2D eigenvalue weighted by atomic mass is 16.2. The minimum atomic E-state index is 0.0937. The van der Waals surface area contributed by atoms with Gasteiger partial charge in [0.25, 0.3) is 5.91 Å². The number of hydrogen-bond donors (Lipinski definition) is 1. The average molecular weight is 204 g/mol. The fraction of sp³-hybridized carbons (Fsp3) is 0.417. The van der Waals surface area contributed by atoms with Gasteiger partial charge in [-0.2, -0.15) is 0 Å². The summed E-state index contributed by atoms with van der Waals surface area (Å²) < 4.78 is 0. The summed E-state index contributed by atoms with van der Waals surface area (Å²) in [5, 5.41) is 0. The molecule has 80 valence electrons. The highest BCUT2D eigenvalue weighted by Crippen LogP contribution is 2.24. The number of amides is 1. The highest BCUT2D eigenvalue weighted by Gasteiger charge is 2.25. The highest BCUT2D eigenvalue weighted by molar-refractivity contribution is 6.01. The summed E-state index contributed by atoms with van der Waals surface area (Å²) in [5.74, 6) is 0.0937. The maximum Gasteiger partial charge on any atom is 0.256 e. The molecule has 2 rings (SSSR count). The Morgan fingerprint density at radius 1 is 1.47 bits per heavy atom. The van der Waals surface area contributed by atoms with Gasteiger partial charge in [-0.1, -0.05) is 19.1 Å². The van der Waals surface area contributed by atoms with Gasteiger partial charge in [0, 0.05) is 18.8 Å². The molecular formula is C12H16N2O. The van der Waals surface area contributed by atoms with Gasteiger partial charge in [-0.15, -0.1) is 0 Å². The van der Waals surface area contributed by atoms with E-state index in [9.17, 15) is 4.79 Å². The van der Waals surface area contributed by atoms with Crippen molar-refractivity contribution in [2.45, 2.75) is 19.8 Å². The van der Waals surface area contributed by atoms with Crippen LogP contribution in [0, 0.1) is 0 Å². The number of nitrogens with two attached hydrogens (primary N) is 1. The number of anilines is 1. The molecule has 0 atom stereocenters. The third-order valence-electron chi connectivity index (χ3n) is 2.83. The van der Waals surface area contributed by atoms with Crippen molar-refractivity contribution in [2.75, 3.05) is 18.8 Å². The van der Waals surface area contributed by atoms with Crippen molar-refractivity contribution < 1.29 is 4.79 Å². The van der Waals surface area contributed by atoms with Crippen LogP contribution in [-0.2, 0) is 6.42 Å². The number of carbonyl (C=O) groups is 1. The summed E-state index contributed by atoms with van der Waals surface area (Å²) in [6, 6.07) is 5.70. The lowest BCUT2D eigenvalue weighted by Crippen LogP contribution is -2.38. The zero-order valence-corrected chi connectivity index (χ0v) is 8.99. The second-order valence-electron chi connectivity index (χ2n) is 3.92. The molecule has 15 heavy (non-hydrogen) atoms. The van der Waals surface area contributed by atoms with Crippen molar-refractivity contribution in [3.8, 4) is 0 Å². The standard InChI is InChI=1S/C12H16N2O/c1-2-7-14-8-6-9-4-3-5-10(13)11(9)12(14)15/h3-5H,2,6-8,13H2,1H3. The SMILES string of the molecule is CCCN1CCc2cccc(N)c2C1=O. The maximum atomic E-state index is 12.1. The van der Waals surface area contributed by atoms with Crippen molar-refractivity contribution in [2.24, 2.45) is 0 Å². The van der Waals surface area contributed by atoms with Crippen molar-refractivity contribution in [3.63, 3.8) is 0 Å². The van der Waals surface area contributed by atoms with Gasteiger partial charge in [-0.3, -0.25) is 4.79 Å². The molecule has 0 saturated heterocycles. The molecule has 0 spiro atoms. The van der Waals surface area contributed by atoms with Crippen LogP contribution < -0.4 is 5.73 Å². The largest absolute Gasteiger partial charge is 0.398 e. The van der Waals surface area contributed by atoms with Crippen LogP contribution in [0.5, 0.6) is 0 Å². The Hall–Kier alpha value is -1.51. The van der Waals surface area contributed by atoms with E-state index in [-0.39, 0.29) is 5.91 Å². The third-order valence-corrected chi connectivity index (χ3v) is 2.83. The van der Waals surface area contributed by atoms with E-state index in [4.69, 9.17) is 5.73 Å². The van der Waals surface area contributed by atoms with E-state index in [0.717, 1.165) is 37.1 Å². The van der Waals surface area contributed by atoms with Crippen LogP contribution in [0.2, 0.25) is 0 Å². The van der Waals surface area contributed by atoms with Crippen LogP contribution in [-0.4, -0.2) is 23.9 Å². The fourth-order valence-electron chi connectivity index (χ4n) is 2.09. The van der Waals surface area contributed by atoms with Gasteiger partial charge >= 0.3 is 0 Å². The lowest BCUT2D eigenvalue weighted by molar-refractivity contribution is 0.0741. The number of fused-ring (bicyclic) bond motifs is 1. The van der Waals surface area contributed by atoms with E-state index in [2.05, 4.69) is 6.92 Å². The molecular weight excluding hydrogens is 188 g/mol. The first-order valence-electron chi connectivity index (χ1n) is 5.40. The summed E-state index contributed by atoms with van der Waals surface area (Å²) in [6.07, 6.45) is 1.92. The monoisotopic (exact) mass is 204 g/mol. The smallest absolute Gasteiger partial charge is 0.256 e. The average Bonchev–Trinajstić information content (AvgIpc) is 2.22. The third kappa shape index (κ3) is 1.69. The molecule has 0 radical (unpaired) electrons. The van der Waals surface area contributed by atoms with Crippen molar-refractivity contribution in [1.82, 2.24) is 4.90 Å². The Kier molecular flexibility index (Phi) is 2.62. The van der Waals surface area contributed by atoms with Gasteiger partial charge in [0.05, 0.1) is 5.56 Å². The zero-order valence-electron chi connectivity index (χ0n) is 8.99. The molecule has 1 aromatic carbocycles. The van der Waals surface area contributed by atoms with Crippen LogP contribution in [0.4, 0.5) is 5.69 Å². The number of benzene rings is 1. The van der Waals surface area contributed by atoms with E-state index in [1.807, 2.05) is 17.0 Å². The molecule has 0 bridgehead atoms. The minimum absolute atomic E-state index is 0.0937. The number of carbonyl (C=O) groups excluding carboxylic acids is 1. The Bertz CT molecular complexity index is 387. The molecule has 1 aliphatic rings. The molecule has 3 nitrogen and oxygen atoms in total. The summed E-state index contributed by atoms with van der Waals surface area (Å²) >= 11 is 0. The first-order chi connectivity index (χ1) is 7.24. The molecule has 1 aromatic rings. The molecule has 0 aliphatic carbocycles. The fourth-order valence-corrected chi connectivity index (χ4v) is 2.09. The Morgan fingerprint density at radius 3 is 3.00 bits per heavy atom. The molecule has 2 N–H and O–H groups in total. The van der Waals surface area contributed by atoms with Crippen molar-refractivity contribution >= 4 is 11.6 Å². The zero-order chi connectivity index (χ0) is 10.8. The minimum Gasteiger partial charge on any atom is -0.398 e. The molecule has 1 amide bonds. The van der Waals surface area contributed by atoms with Crippen LogP contribution in [0.3, 0.4) is 0 Å². The summed E-state index contributed by atoms with van der Waals surface area (Å²) in [4.78, 5) is 14.0. The van der Waals surface area contributed by atoms with Crippen LogP contribution in [0.25, 0.3) is 0 Å². The Balaban J connectivity index is 2.36. The molecule has 0 aromatic heterocycles. The number of nitrogen functional groups attached to an aromatic ring is 1. The van der Waals surface area contributed by atoms with E-state index in [1.165, 1.54) is 0 Å². The first-order valence-corrected chi connectivity index (χ1v) is 5.40. The van der Waals surface area contributed by atoms with Crippen LogP contribution >= 0.6 is 0 Å². The number of hydrogen-bond acceptors (Lipinski definition) is 2. The molecule has 0 unspecified atom stereocenters. The summed E-state index contributed by atoms with van der Waals surface area (Å²) in [5.41, 5.74) is 8.26. The molecule has 0 fully saturated rings. The normalized spacial score (nSPS) is 15.3. The van der Waals surface area contributed by atoms with Gasteiger partial charge in [-0.25, -0.2) is 0 Å². The molecule has 1 aliphatic heterocycles. The Labute approximate surface area is 89.9 Å². The van der Waals surface area contributed by atoms with Crippen molar-refractivity contribution in [3.05, 3.63) is 29.3 Å². The first kappa shape index (κ1) is 10.0. The quantitative estimate of drug-likeness (QED) is 0.745. The number of rotatable bonds is 2. The number of nitrogens with zero attached hydrogens (tertiary/aromatic N) is 1. The Morgan fingerprint density at radius 2 is 2.27 bits per heavy atom. The van der Waals surface area contributed by atoms with Gasteiger partial charge in [0.15, 0.2) is 0 Å². The van der Waals surface area contributed by atoms with E-state index in [1.54, 1.807) is 6.07 Å². The van der Waals surface area contributed by atoms with Gasteiger partial charge in [0.2, 0.25) is 0 Å². The second-order valence-corrected chi connectivity index (χ2v) is 3.92. The summed E-state index contributed by atoms with van der Waals surface area (Å²) in [7, 11) is 0. The summed E-state index contributed by atoms with van der Waals surface area (Å²) in [6.45, 7) is 3.73.